The summed E-state index contributed by atoms with van der Waals surface area (Å²) in [6.07, 6.45) is 0.559. The summed E-state index contributed by atoms with van der Waals surface area (Å²) < 4.78 is 45.2. The van der Waals surface area contributed by atoms with E-state index < -0.39 is 34.7 Å². The van der Waals surface area contributed by atoms with Crippen LogP contribution in [0.3, 0.4) is 0 Å². The molecule has 1 aromatic carbocycles. The van der Waals surface area contributed by atoms with Crippen molar-refractivity contribution in [1.82, 2.24) is 4.90 Å². The third-order valence-corrected chi connectivity index (χ3v) is 3.31. The maximum Gasteiger partial charge on any atom is 0.257 e. The molecule has 0 aromatic heterocycles. The summed E-state index contributed by atoms with van der Waals surface area (Å²) in [7, 11) is 0. The fourth-order valence-electron chi connectivity index (χ4n) is 2.10. The highest BCUT2D eigenvalue weighted by molar-refractivity contribution is 5.95. The molecule has 0 spiro atoms. The predicted molar refractivity (Wildman–Crippen MR) is 63.9 cm³/mol. The third kappa shape index (κ3) is 2.58. The Hall–Kier alpha value is -1.76. The largest absolute Gasteiger partial charge is 0.503 e. The zero-order valence-corrected chi connectivity index (χ0v) is 10.8. The van der Waals surface area contributed by atoms with Crippen molar-refractivity contribution in [2.24, 2.45) is 0 Å². The molecule has 1 aromatic rings. The summed E-state index contributed by atoms with van der Waals surface area (Å²) in [6.45, 7) is 2.73. The Morgan fingerprint density at radius 1 is 1.35 bits per heavy atom. The maximum atomic E-state index is 13.7. The number of benzene rings is 1. The first-order valence-corrected chi connectivity index (χ1v) is 6.18. The predicted octanol–water partition coefficient (Wildman–Crippen LogP) is 2.06. The fourth-order valence-corrected chi connectivity index (χ4v) is 2.10. The first-order valence-electron chi connectivity index (χ1n) is 6.18. The van der Waals surface area contributed by atoms with E-state index in [1.165, 1.54) is 4.90 Å². The smallest absolute Gasteiger partial charge is 0.257 e. The molecule has 1 atom stereocenters. The number of nitrogens with zero attached hydrogens (tertiary/aromatic N) is 1. The highest BCUT2D eigenvalue weighted by Gasteiger charge is 2.29. The van der Waals surface area contributed by atoms with Crippen LogP contribution >= 0.6 is 0 Å². The Bertz CT molecular complexity index is 536. The van der Waals surface area contributed by atoms with Gasteiger partial charge in [-0.1, -0.05) is 0 Å². The second kappa shape index (κ2) is 5.70. The third-order valence-electron chi connectivity index (χ3n) is 3.31. The Kier molecular flexibility index (Phi) is 4.17. The van der Waals surface area contributed by atoms with Crippen LogP contribution < -0.4 is 0 Å². The van der Waals surface area contributed by atoms with E-state index in [0.717, 1.165) is 0 Å². The molecule has 1 aliphatic heterocycles. The Morgan fingerprint density at radius 2 is 2.05 bits per heavy atom. The lowest BCUT2D eigenvalue weighted by Crippen LogP contribution is -2.39. The lowest BCUT2D eigenvalue weighted by Gasteiger charge is -2.26. The van der Waals surface area contributed by atoms with Gasteiger partial charge in [0.05, 0.1) is 12.2 Å². The highest BCUT2D eigenvalue weighted by Crippen LogP contribution is 2.27. The summed E-state index contributed by atoms with van der Waals surface area (Å²) >= 11 is 0. The molecule has 1 amide bonds. The summed E-state index contributed by atoms with van der Waals surface area (Å²) in [5.74, 6) is -6.90. The summed E-state index contributed by atoms with van der Waals surface area (Å²) in [6, 6.07) is 0.241. The average molecular weight is 289 g/mol. The fraction of sp³-hybridized carbons (Fsp3) is 0.462. The molecular formula is C13H14F3NO3. The molecule has 110 valence electrons. The van der Waals surface area contributed by atoms with Crippen molar-refractivity contribution in [2.45, 2.75) is 19.4 Å². The quantitative estimate of drug-likeness (QED) is 0.805. The van der Waals surface area contributed by atoms with Crippen molar-refractivity contribution in [2.75, 3.05) is 19.8 Å². The normalized spacial score (nSPS) is 19.8. The van der Waals surface area contributed by atoms with Gasteiger partial charge in [0, 0.05) is 19.2 Å². The van der Waals surface area contributed by atoms with Crippen LogP contribution in [0.4, 0.5) is 13.2 Å². The number of carbonyl (C=O) groups is 1. The molecule has 1 heterocycles. The Morgan fingerprint density at radius 3 is 2.75 bits per heavy atom. The number of halogens is 3. The number of phenols is 1. The summed E-state index contributed by atoms with van der Waals surface area (Å²) in [5.41, 5.74) is -0.685. The topological polar surface area (TPSA) is 49.8 Å². The molecular weight excluding hydrogens is 275 g/mol. The molecule has 1 saturated heterocycles. The van der Waals surface area contributed by atoms with Crippen LogP contribution in [0, 0.1) is 17.5 Å². The maximum absolute atomic E-state index is 13.7. The summed E-state index contributed by atoms with van der Waals surface area (Å²) in [4.78, 5) is 13.6. The highest BCUT2D eigenvalue weighted by atomic mass is 19.2. The van der Waals surface area contributed by atoms with Gasteiger partial charge >= 0.3 is 0 Å². The van der Waals surface area contributed by atoms with E-state index in [-0.39, 0.29) is 19.2 Å². The number of aromatic hydroxyl groups is 1. The summed E-state index contributed by atoms with van der Waals surface area (Å²) in [5, 5.41) is 9.15. The average Bonchev–Trinajstić information content (AvgIpc) is 2.64. The van der Waals surface area contributed by atoms with Gasteiger partial charge in [-0.05, 0) is 19.4 Å². The van der Waals surface area contributed by atoms with Crippen molar-refractivity contribution in [3.8, 4) is 5.75 Å². The molecule has 0 bridgehead atoms. The van der Waals surface area contributed by atoms with E-state index in [1.54, 1.807) is 6.92 Å². The van der Waals surface area contributed by atoms with Gasteiger partial charge in [-0.3, -0.25) is 4.79 Å². The molecule has 0 aliphatic carbocycles. The molecule has 20 heavy (non-hydrogen) atoms. The molecule has 0 unspecified atom stereocenters. The first-order chi connectivity index (χ1) is 9.43. The second-order valence-electron chi connectivity index (χ2n) is 4.63. The van der Waals surface area contributed by atoms with E-state index in [9.17, 15) is 18.0 Å². The number of carbonyl (C=O) groups excluding carboxylic acids is 1. The van der Waals surface area contributed by atoms with E-state index in [4.69, 9.17) is 9.84 Å². The molecule has 1 aliphatic rings. The van der Waals surface area contributed by atoms with Crippen LogP contribution in [0.25, 0.3) is 0 Å². The minimum Gasteiger partial charge on any atom is -0.503 e. The molecule has 0 radical (unpaired) electrons. The SMILES string of the molecule is C[C@H]1CCOCCN1C(=O)c1cc(F)c(F)c(O)c1F. The van der Waals surface area contributed by atoms with Gasteiger partial charge in [-0.2, -0.15) is 4.39 Å². The van der Waals surface area contributed by atoms with Gasteiger partial charge in [0.1, 0.15) is 0 Å². The number of hydrogen-bond donors (Lipinski definition) is 1. The molecule has 4 nitrogen and oxygen atoms in total. The minimum atomic E-state index is -1.70. The van der Waals surface area contributed by atoms with Crippen molar-refractivity contribution in [3.63, 3.8) is 0 Å². The number of ether oxygens (including phenoxy) is 1. The van der Waals surface area contributed by atoms with Crippen LogP contribution in [0.2, 0.25) is 0 Å². The molecule has 2 rings (SSSR count). The zero-order chi connectivity index (χ0) is 14.9. The number of rotatable bonds is 1. The van der Waals surface area contributed by atoms with Crippen LogP contribution in [0.15, 0.2) is 6.07 Å². The van der Waals surface area contributed by atoms with Crippen LogP contribution in [0.5, 0.6) is 5.75 Å². The van der Waals surface area contributed by atoms with Gasteiger partial charge in [0.25, 0.3) is 5.91 Å². The van der Waals surface area contributed by atoms with Crippen molar-refractivity contribution in [1.29, 1.82) is 0 Å². The molecule has 1 N–H and O–H groups in total. The Balaban J connectivity index is 2.38. The van der Waals surface area contributed by atoms with Crippen molar-refractivity contribution in [3.05, 3.63) is 29.1 Å². The van der Waals surface area contributed by atoms with Gasteiger partial charge in [-0.15, -0.1) is 0 Å². The molecule has 1 fully saturated rings. The van der Waals surface area contributed by atoms with Crippen molar-refractivity contribution < 1.29 is 27.8 Å². The van der Waals surface area contributed by atoms with Crippen LogP contribution in [-0.2, 0) is 4.74 Å². The Labute approximate surface area is 113 Å². The number of amides is 1. The first kappa shape index (κ1) is 14.6. The monoisotopic (exact) mass is 289 g/mol. The molecule has 7 heteroatoms. The van der Waals surface area contributed by atoms with Crippen LogP contribution in [0.1, 0.15) is 23.7 Å². The lowest BCUT2D eigenvalue weighted by atomic mass is 10.1. The van der Waals surface area contributed by atoms with Crippen LogP contribution in [-0.4, -0.2) is 41.7 Å². The second-order valence-corrected chi connectivity index (χ2v) is 4.63. The minimum absolute atomic E-state index is 0.221. The van der Waals surface area contributed by atoms with E-state index in [1.807, 2.05) is 0 Å². The van der Waals surface area contributed by atoms with E-state index in [0.29, 0.717) is 19.1 Å². The zero-order valence-electron chi connectivity index (χ0n) is 10.8. The number of phenolic OH excluding ortho intramolecular Hbond substituents is 1. The van der Waals surface area contributed by atoms with Gasteiger partial charge in [0.2, 0.25) is 5.82 Å². The standard InChI is InChI=1S/C13H14F3NO3/c1-7-2-4-20-5-3-17(7)13(19)8-6-9(14)11(16)12(18)10(8)15/h6-7,18H,2-5H2,1H3/t7-/m0/s1. The van der Waals surface area contributed by atoms with E-state index >= 15 is 0 Å². The van der Waals surface area contributed by atoms with E-state index in [2.05, 4.69) is 0 Å². The lowest BCUT2D eigenvalue weighted by molar-refractivity contribution is 0.0680. The van der Waals surface area contributed by atoms with Gasteiger partial charge < -0.3 is 14.7 Å². The number of hydrogen-bond acceptors (Lipinski definition) is 3. The molecule has 0 saturated carbocycles. The van der Waals surface area contributed by atoms with Crippen molar-refractivity contribution >= 4 is 5.91 Å². The van der Waals surface area contributed by atoms with Gasteiger partial charge in [-0.25, -0.2) is 8.78 Å². The van der Waals surface area contributed by atoms with Gasteiger partial charge in [0.15, 0.2) is 17.4 Å².